The molecule has 0 unspecified atom stereocenters. The first kappa shape index (κ1) is 50.5. The number of benzene rings is 4. The summed E-state index contributed by atoms with van der Waals surface area (Å²) in [5, 5.41) is 2.40. The van der Waals surface area contributed by atoms with Crippen molar-refractivity contribution < 1.29 is 32.6 Å². The molecule has 0 saturated carbocycles. The normalized spacial score (nSPS) is 18.5. The van der Waals surface area contributed by atoms with Gasteiger partial charge in [-0.15, -0.1) is 0 Å². The van der Waals surface area contributed by atoms with Crippen LogP contribution in [0.1, 0.15) is 98.1 Å². The maximum absolute atomic E-state index is 14.2. The number of methoxy groups -OCH3 is 1. The zero-order chi connectivity index (χ0) is 45.2. The molecule has 0 N–H and O–H groups in total. The monoisotopic (exact) mass is 893 g/mol. The molecule has 0 radical (unpaired) electrons. The van der Waals surface area contributed by atoms with Crippen LogP contribution in [0.4, 0.5) is 0 Å². The quantitative estimate of drug-likeness (QED) is 0.0335. The lowest BCUT2D eigenvalue weighted by atomic mass is 9.91. The Labute approximate surface area is 382 Å². The van der Waals surface area contributed by atoms with Crippen molar-refractivity contribution in [1.29, 1.82) is 0 Å². The van der Waals surface area contributed by atoms with Gasteiger partial charge in [0.05, 0.1) is 31.5 Å². The van der Waals surface area contributed by atoms with Gasteiger partial charge in [-0.05, 0) is 63.9 Å². The molecule has 7 nitrogen and oxygen atoms in total. The van der Waals surface area contributed by atoms with E-state index in [1.807, 2.05) is 43.3 Å². The smallest absolute Gasteiger partial charge is 0.261 e. The Kier molecular flexibility index (Phi) is 19.8. The van der Waals surface area contributed by atoms with Gasteiger partial charge in [0, 0.05) is 45.5 Å². The number of hydrogen-bond acceptors (Lipinski definition) is 7. The Morgan fingerprint density at radius 2 is 1.30 bits per heavy atom. The molecular weight excluding hydrogens is 817 g/mol. The maximum Gasteiger partial charge on any atom is 0.261 e. The Morgan fingerprint density at radius 1 is 0.762 bits per heavy atom. The number of carbonyl (C=O) groups excluding carboxylic acids is 1. The van der Waals surface area contributed by atoms with Crippen LogP contribution in [0.2, 0.25) is 23.2 Å². The van der Waals surface area contributed by atoms with Gasteiger partial charge in [-0.1, -0.05) is 182 Å². The van der Waals surface area contributed by atoms with Crippen LogP contribution >= 0.6 is 0 Å². The van der Waals surface area contributed by atoms with Crippen LogP contribution in [-0.2, 0) is 45.8 Å². The zero-order valence-electron chi connectivity index (χ0n) is 39.6. The molecule has 5 atom stereocenters. The first-order valence-electron chi connectivity index (χ1n) is 23.5. The standard InChI is InChI=1S/C54H76O7Si2/c1-9-62(10-2,11-3)61-51(36-39-57-42-45-25-16-12-17-26-45)52(58-43-46-27-18-13-19-28-46)41-44(4)50(55)34-38-54(56-8)37-24-29-47(60-54)35-40-59-63(53(5,6)7,48-30-20-14-21-31-48)49-32-22-15-23-33-49/h12-33,44,47,51-52H,9-11,34-43H2,1-8H3/t44-,47+,51-,52-,54-/m1/s1. The van der Waals surface area contributed by atoms with Crippen LogP contribution in [0.25, 0.3) is 0 Å². The topological polar surface area (TPSA) is 72.5 Å². The highest BCUT2D eigenvalue weighted by Gasteiger charge is 2.50. The van der Waals surface area contributed by atoms with Gasteiger partial charge in [-0.3, -0.25) is 4.79 Å². The van der Waals surface area contributed by atoms with Gasteiger partial charge in [0.25, 0.3) is 8.32 Å². The van der Waals surface area contributed by atoms with E-state index in [-0.39, 0.29) is 35.1 Å². The number of Topliss-reactive ketones (excluding diaryl/α,β-unsaturated/α-hetero) is 1. The molecule has 0 amide bonds. The molecule has 1 aliphatic heterocycles. The van der Waals surface area contributed by atoms with E-state index in [0.717, 1.165) is 29.3 Å². The SMILES string of the molecule is CC[Si](CC)(CC)O[C@H](CCOCc1ccccc1)[C@@H](C[C@@H](C)C(=O)CC[C@@]1(OC)CC=C[C@@H](CCO[Si](c2ccccc2)(c2ccccc2)C(C)(C)C)O1)OCc1ccccc1. The van der Waals surface area contributed by atoms with E-state index in [4.69, 9.17) is 27.8 Å². The van der Waals surface area contributed by atoms with Crippen molar-refractivity contribution in [2.24, 2.45) is 5.92 Å². The van der Waals surface area contributed by atoms with E-state index in [9.17, 15) is 4.79 Å². The van der Waals surface area contributed by atoms with E-state index in [2.05, 4.69) is 139 Å². The molecule has 0 spiro atoms. The minimum atomic E-state index is -2.69. The molecule has 9 heteroatoms. The van der Waals surface area contributed by atoms with E-state index < -0.39 is 22.4 Å². The summed E-state index contributed by atoms with van der Waals surface area (Å²) >= 11 is 0. The molecule has 0 aliphatic carbocycles. The zero-order valence-corrected chi connectivity index (χ0v) is 41.6. The predicted molar refractivity (Wildman–Crippen MR) is 262 cm³/mol. The van der Waals surface area contributed by atoms with Gasteiger partial charge in [0.2, 0.25) is 0 Å². The van der Waals surface area contributed by atoms with Crippen LogP contribution in [0.5, 0.6) is 0 Å². The fourth-order valence-corrected chi connectivity index (χ4v) is 16.6. The average Bonchev–Trinajstić information content (AvgIpc) is 3.32. The molecule has 0 saturated heterocycles. The third-order valence-corrected chi connectivity index (χ3v) is 23.0. The van der Waals surface area contributed by atoms with Gasteiger partial charge in [0.1, 0.15) is 5.78 Å². The number of ether oxygens (including phenoxy) is 4. The van der Waals surface area contributed by atoms with Gasteiger partial charge in [-0.25, -0.2) is 0 Å². The molecule has 5 rings (SSSR count). The summed E-state index contributed by atoms with van der Waals surface area (Å²) in [5.74, 6) is -0.980. The molecule has 1 heterocycles. The second-order valence-corrected chi connectivity index (χ2v) is 27.4. The van der Waals surface area contributed by atoms with Crippen LogP contribution in [0.3, 0.4) is 0 Å². The summed E-state index contributed by atoms with van der Waals surface area (Å²) in [6, 6.07) is 45.1. The Hall–Kier alpha value is -3.52. The predicted octanol–water partition coefficient (Wildman–Crippen LogP) is 11.6. The van der Waals surface area contributed by atoms with E-state index >= 15 is 0 Å². The van der Waals surface area contributed by atoms with E-state index in [1.54, 1.807) is 7.11 Å². The number of rotatable bonds is 27. The third kappa shape index (κ3) is 14.0. The number of hydrogen-bond donors (Lipinski definition) is 0. The molecule has 4 aromatic carbocycles. The molecule has 4 aromatic rings. The summed E-state index contributed by atoms with van der Waals surface area (Å²) in [7, 11) is -3.04. The second kappa shape index (κ2) is 24.7. The fourth-order valence-electron chi connectivity index (χ4n) is 9.15. The highest BCUT2D eigenvalue weighted by molar-refractivity contribution is 6.99. The van der Waals surface area contributed by atoms with E-state index in [1.165, 1.54) is 10.4 Å². The summed E-state index contributed by atoms with van der Waals surface area (Å²) in [4.78, 5) is 14.2. The minimum absolute atomic E-state index is 0.118. The van der Waals surface area contributed by atoms with Gasteiger partial charge in [-0.2, -0.15) is 0 Å². The van der Waals surface area contributed by atoms with Crippen LogP contribution in [-0.4, -0.2) is 66.8 Å². The lowest BCUT2D eigenvalue weighted by Gasteiger charge is -2.43. The molecule has 342 valence electrons. The number of carbonyl (C=O) groups is 1. The van der Waals surface area contributed by atoms with Crippen LogP contribution in [0.15, 0.2) is 133 Å². The van der Waals surface area contributed by atoms with Crippen molar-refractivity contribution in [1.82, 2.24) is 0 Å². The first-order chi connectivity index (χ1) is 30.4. The fraction of sp³-hybridized carbons (Fsp3) is 0.500. The average molecular weight is 893 g/mol. The third-order valence-electron chi connectivity index (χ3n) is 13.3. The molecule has 0 bridgehead atoms. The van der Waals surface area contributed by atoms with Crippen molar-refractivity contribution >= 4 is 32.8 Å². The van der Waals surface area contributed by atoms with E-state index in [0.29, 0.717) is 65.0 Å². The highest BCUT2D eigenvalue weighted by atomic mass is 28.4. The molecule has 1 aliphatic rings. The van der Waals surface area contributed by atoms with Crippen LogP contribution < -0.4 is 10.4 Å². The molecule has 0 aromatic heterocycles. The van der Waals surface area contributed by atoms with Gasteiger partial charge < -0.3 is 27.8 Å². The van der Waals surface area contributed by atoms with Crippen molar-refractivity contribution in [3.05, 3.63) is 145 Å². The van der Waals surface area contributed by atoms with Crippen molar-refractivity contribution in [2.75, 3.05) is 20.3 Å². The first-order valence-corrected chi connectivity index (χ1v) is 28.0. The Morgan fingerprint density at radius 3 is 1.83 bits per heavy atom. The Bertz CT molecular complexity index is 1870. The van der Waals surface area contributed by atoms with Gasteiger partial charge in [0.15, 0.2) is 14.1 Å². The highest BCUT2D eigenvalue weighted by Crippen LogP contribution is 2.38. The summed E-state index contributed by atoms with van der Waals surface area (Å²) in [6.45, 7) is 17.8. The summed E-state index contributed by atoms with van der Waals surface area (Å²) in [5.41, 5.74) is 2.24. The second-order valence-electron chi connectivity index (χ2n) is 18.4. The van der Waals surface area contributed by atoms with Crippen molar-refractivity contribution in [2.45, 2.75) is 147 Å². The molecule has 63 heavy (non-hydrogen) atoms. The minimum Gasteiger partial charge on any atom is -0.411 e. The lowest BCUT2D eigenvalue weighted by Crippen LogP contribution is -2.66. The van der Waals surface area contributed by atoms with Crippen LogP contribution in [0, 0.1) is 5.92 Å². The summed E-state index contributed by atoms with van der Waals surface area (Å²) in [6.07, 6.45) is 6.88. The number of ketones is 1. The van der Waals surface area contributed by atoms with Crippen molar-refractivity contribution in [3.8, 4) is 0 Å². The largest absolute Gasteiger partial charge is 0.411 e. The summed E-state index contributed by atoms with van der Waals surface area (Å²) < 4.78 is 40.4. The lowest BCUT2D eigenvalue weighted by molar-refractivity contribution is -0.246. The maximum atomic E-state index is 14.2. The molecular formula is C54H76O7Si2. The van der Waals surface area contributed by atoms with Crippen molar-refractivity contribution in [3.63, 3.8) is 0 Å². The molecule has 0 fully saturated rings. The van der Waals surface area contributed by atoms with Gasteiger partial charge >= 0.3 is 0 Å². The Balaban J connectivity index is 1.26.